The fourth-order valence-corrected chi connectivity index (χ4v) is 7.36. The smallest absolute Gasteiger partial charge is 0.246 e. The highest BCUT2D eigenvalue weighted by Crippen LogP contribution is 2.31. The number of nitrogens with zero attached hydrogens (tertiary/aromatic N) is 1. The van der Waals surface area contributed by atoms with Crippen molar-refractivity contribution in [3.05, 3.63) is 35.4 Å². The molecule has 0 unspecified atom stereocenters. The number of aryl methyl sites for hydroxylation is 1. The zero-order chi connectivity index (χ0) is 45.1. The van der Waals surface area contributed by atoms with E-state index in [2.05, 4.69) is 48.6 Å². The lowest BCUT2D eigenvalue weighted by Gasteiger charge is -2.36. The van der Waals surface area contributed by atoms with E-state index in [0.29, 0.717) is 0 Å². The van der Waals surface area contributed by atoms with Gasteiger partial charge < -0.3 is 47.4 Å². The Bertz CT molecular complexity index is 1690. The molecule has 1 heterocycles. The molecule has 1 fully saturated rings. The minimum atomic E-state index is -1.10. The quantitative estimate of drug-likeness (QED) is 0.102. The molecule has 16 nitrogen and oxygen atoms in total. The Labute approximate surface area is 381 Å². The minimum Gasteiger partial charge on any atom is -0.352 e. The van der Waals surface area contributed by atoms with Crippen molar-refractivity contribution in [3.63, 3.8) is 0 Å². The summed E-state index contributed by atoms with van der Waals surface area (Å²) in [5.74, 6) is -3.17. The Morgan fingerprint density at radius 1 is 0.742 bits per heavy atom. The zero-order valence-corrected chi connectivity index (χ0v) is 40.4. The maximum absolute atomic E-state index is 14.5. The summed E-state index contributed by atoms with van der Waals surface area (Å²) in [4.78, 5) is 96.9. The Kier molecular flexibility index (Phi) is 22.9. The van der Waals surface area contributed by atoms with Gasteiger partial charge in [0.2, 0.25) is 41.4 Å². The Morgan fingerprint density at radius 2 is 1.34 bits per heavy atom. The predicted octanol–water partition coefficient (Wildman–Crippen LogP) is 2.42. The molecule has 1 aliphatic heterocycles. The number of carbonyl (C=O) groups excluding carboxylic acids is 7. The summed E-state index contributed by atoms with van der Waals surface area (Å²) in [6.07, 6.45) is 2.47. The van der Waals surface area contributed by atoms with Gasteiger partial charge in [-0.25, -0.2) is 0 Å². The minimum absolute atomic E-state index is 0. The molecule has 0 aromatic heterocycles. The van der Waals surface area contributed by atoms with Crippen LogP contribution in [-0.2, 0) is 40.0 Å². The lowest BCUT2D eigenvalue weighted by atomic mass is 9.85. The van der Waals surface area contributed by atoms with E-state index in [4.69, 9.17) is 0 Å². The van der Waals surface area contributed by atoms with Crippen LogP contribution in [0.3, 0.4) is 0 Å². The molecule has 3 rings (SSSR count). The van der Waals surface area contributed by atoms with Crippen LogP contribution in [0.1, 0.15) is 119 Å². The first-order valence-electron chi connectivity index (χ1n) is 21.6. The van der Waals surface area contributed by atoms with Gasteiger partial charge in [-0.1, -0.05) is 72.7 Å². The number of benzene rings is 1. The van der Waals surface area contributed by atoms with Crippen LogP contribution in [0.5, 0.6) is 0 Å². The number of hydrogen-bond donors (Lipinski definition) is 8. The summed E-state index contributed by atoms with van der Waals surface area (Å²) in [7, 11) is 3.29. The van der Waals surface area contributed by atoms with Crippen molar-refractivity contribution in [2.45, 2.75) is 162 Å². The lowest BCUT2D eigenvalue weighted by molar-refractivity contribution is -0.144. The number of hydrogen-bond acceptors (Lipinski definition) is 9. The SMILES string of the molecule is CN[C@@H](C)C(=O)N[C@H](C(=O)N1C[C@@H](NC(=O)CC[C@@H](NC(=O)[C@H](NC(=O)[C@@H](C)NC)C(C)C)C(=O)N[C@@H](C)C(C)C)C[C@H]1C(=O)N[C@@H]1CCCc2ccccc21)C(C)(C)C.Cl.Cl. The van der Waals surface area contributed by atoms with E-state index in [9.17, 15) is 33.6 Å². The van der Waals surface area contributed by atoms with Crippen LogP contribution in [-0.4, -0.2) is 115 Å². The van der Waals surface area contributed by atoms with Crippen LogP contribution in [0, 0.1) is 17.3 Å². The van der Waals surface area contributed by atoms with Crippen molar-refractivity contribution in [2.24, 2.45) is 17.3 Å². The number of nitrogens with one attached hydrogen (secondary N) is 8. The number of carbonyl (C=O) groups is 7. The van der Waals surface area contributed by atoms with Gasteiger partial charge in [0.1, 0.15) is 24.2 Å². The van der Waals surface area contributed by atoms with Crippen LogP contribution in [0.15, 0.2) is 24.3 Å². The van der Waals surface area contributed by atoms with Gasteiger partial charge in [-0.2, -0.15) is 0 Å². The van der Waals surface area contributed by atoms with E-state index in [0.717, 1.165) is 24.8 Å². The second-order valence-electron chi connectivity index (χ2n) is 18.4. The summed E-state index contributed by atoms with van der Waals surface area (Å²) in [5, 5.41) is 23.3. The van der Waals surface area contributed by atoms with Crippen molar-refractivity contribution in [1.82, 2.24) is 47.4 Å². The maximum Gasteiger partial charge on any atom is 0.246 e. The monoisotopic (exact) mass is 912 g/mol. The zero-order valence-electron chi connectivity index (χ0n) is 38.7. The van der Waals surface area contributed by atoms with Crippen molar-refractivity contribution in [1.29, 1.82) is 0 Å². The fraction of sp³-hybridized carbons (Fsp3) is 0.705. The standard InChI is InChI=1S/C44H73N9O7.2ClH/c1-24(2)26(5)47-40(57)33(50-42(59)36(25(3)4)51-38(55)27(6)45-11)20-21-35(54)48-30-22-34(41(58)49-32-19-15-17-29-16-13-14-18-31(29)32)53(23-30)43(60)37(44(8,9)10)52-39(56)28(7)46-12;;/h13-14,16,18,24-28,30,32-34,36-37,45-46H,15,17,19-23H2,1-12H3,(H,47,57)(H,48,54)(H,49,58)(H,50,59)(H,51,55)(H,52,56);2*1H/t26-,27+,28-,30-,32+,33+,34-,36+,37+;;/m0../s1. The van der Waals surface area contributed by atoms with Crippen LogP contribution >= 0.6 is 24.8 Å². The first kappa shape index (κ1) is 56.0. The van der Waals surface area contributed by atoms with Crippen molar-refractivity contribution < 1.29 is 33.6 Å². The van der Waals surface area contributed by atoms with Crippen LogP contribution in [0.2, 0.25) is 0 Å². The number of halogens is 2. The van der Waals surface area contributed by atoms with Crippen molar-refractivity contribution in [2.75, 3.05) is 20.6 Å². The second-order valence-corrected chi connectivity index (χ2v) is 18.4. The van der Waals surface area contributed by atoms with Crippen LogP contribution in [0.4, 0.5) is 0 Å². The van der Waals surface area contributed by atoms with Gasteiger partial charge in [0.15, 0.2) is 0 Å². The molecule has 0 bridgehead atoms. The van der Waals surface area contributed by atoms with Gasteiger partial charge in [-0.05, 0) is 95.3 Å². The third-order valence-corrected chi connectivity index (χ3v) is 11.9. The van der Waals surface area contributed by atoms with Crippen molar-refractivity contribution >= 4 is 66.2 Å². The van der Waals surface area contributed by atoms with Crippen LogP contribution < -0.4 is 42.5 Å². The molecule has 0 spiro atoms. The summed E-state index contributed by atoms with van der Waals surface area (Å²) < 4.78 is 0. The normalized spacial score (nSPS) is 20.1. The van der Waals surface area contributed by atoms with E-state index in [1.54, 1.807) is 41.8 Å². The van der Waals surface area contributed by atoms with E-state index in [1.807, 2.05) is 59.7 Å². The summed E-state index contributed by atoms with van der Waals surface area (Å²) >= 11 is 0. The Morgan fingerprint density at radius 3 is 1.90 bits per heavy atom. The second kappa shape index (κ2) is 25.3. The highest BCUT2D eigenvalue weighted by Gasteiger charge is 2.46. The predicted molar refractivity (Wildman–Crippen MR) is 246 cm³/mol. The van der Waals surface area contributed by atoms with E-state index >= 15 is 0 Å². The number of rotatable bonds is 19. The average Bonchev–Trinajstić information content (AvgIpc) is 3.62. The maximum atomic E-state index is 14.5. The fourth-order valence-electron chi connectivity index (χ4n) is 7.36. The summed E-state index contributed by atoms with van der Waals surface area (Å²) in [6.45, 7) is 18.2. The van der Waals surface area contributed by atoms with Gasteiger partial charge in [-0.15, -0.1) is 24.8 Å². The number of likely N-dealkylation sites (N-methyl/N-ethyl adjacent to an activating group) is 2. The molecule has 1 aliphatic carbocycles. The van der Waals surface area contributed by atoms with Gasteiger partial charge in [-0.3, -0.25) is 33.6 Å². The molecular formula is C44H75Cl2N9O7. The van der Waals surface area contributed by atoms with Gasteiger partial charge >= 0.3 is 0 Å². The van der Waals surface area contributed by atoms with E-state index in [-0.39, 0.29) is 92.3 Å². The average molecular weight is 913 g/mol. The number of amides is 7. The third kappa shape index (κ3) is 15.7. The van der Waals surface area contributed by atoms with Crippen molar-refractivity contribution in [3.8, 4) is 0 Å². The summed E-state index contributed by atoms with van der Waals surface area (Å²) in [5.41, 5.74) is 1.49. The molecule has 1 aromatic carbocycles. The molecular weight excluding hydrogens is 837 g/mol. The molecule has 8 N–H and O–H groups in total. The number of likely N-dealkylation sites (tertiary alicyclic amines) is 1. The molecule has 0 saturated carbocycles. The molecule has 352 valence electrons. The highest BCUT2D eigenvalue weighted by atomic mass is 35.5. The molecule has 0 radical (unpaired) electrons. The van der Waals surface area contributed by atoms with Gasteiger partial charge in [0.25, 0.3) is 0 Å². The Balaban J connectivity index is 0.00000961. The molecule has 62 heavy (non-hydrogen) atoms. The molecule has 1 saturated heterocycles. The number of fused-ring (bicyclic) bond motifs is 1. The Hall–Kier alpha value is -3.99. The molecule has 9 atom stereocenters. The first-order valence-corrected chi connectivity index (χ1v) is 21.6. The van der Waals surface area contributed by atoms with Gasteiger partial charge in [0.05, 0.1) is 18.1 Å². The van der Waals surface area contributed by atoms with Gasteiger partial charge in [0, 0.05) is 25.0 Å². The molecule has 18 heteroatoms. The lowest BCUT2D eigenvalue weighted by Crippen LogP contribution is -2.59. The first-order chi connectivity index (χ1) is 28.1. The van der Waals surface area contributed by atoms with Crippen LogP contribution in [0.25, 0.3) is 0 Å². The topological polar surface area (TPSA) is 219 Å². The molecule has 2 aliphatic rings. The van der Waals surface area contributed by atoms with E-state index in [1.165, 1.54) is 10.5 Å². The molecule has 7 amide bonds. The third-order valence-electron chi connectivity index (χ3n) is 11.9. The largest absolute Gasteiger partial charge is 0.352 e. The summed E-state index contributed by atoms with van der Waals surface area (Å²) in [6, 6.07) is 1.84. The highest BCUT2D eigenvalue weighted by molar-refractivity contribution is 5.95. The molecule has 1 aromatic rings. The van der Waals surface area contributed by atoms with E-state index < -0.39 is 71.3 Å².